The maximum absolute atomic E-state index is 12.2. The number of hydrazine groups is 1. The van der Waals surface area contributed by atoms with Crippen LogP contribution in [-0.4, -0.2) is 23.0 Å². The molecule has 0 saturated heterocycles. The molecule has 2 heterocycles. The number of carbonyl (C=O) groups excluding carboxylic acids is 3. The Balaban J connectivity index is 1.68. The van der Waals surface area contributed by atoms with Crippen molar-refractivity contribution in [3.63, 3.8) is 0 Å². The molecule has 1 aliphatic rings. The fourth-order valence-corrected chi connectivity index (χ4v) is 3.15. The smallest absolute Gasteiger partial charge is 0.273 e. The van der Waals surface area contributed by atoms with Crippen LogP contribution in [0.5, 0.6) is 0 Å². The van der Waals surface area contributed by atoms with Crippen LogP contribution in [0.15, 0.2) is 39.8 Å². The fraction of sp³-hybridized carbons (Fsp3) is 0.188. The van der Waals surface area contributed by atoms with Gasteiger partial charge in [0, 0.05) is 10.5 Å². The van der Waals surface area contributed by atoms with E-state index in [1.165, 1.54) is 24.1 Å². The molecule has 3 amide bonds. The molecule has 3 rings (SSSR count). The van der Waals surface area contributed by atoms with Crippen molar-refractivity contribution >= 4 is 35.2 Å². The summed E-state index contributed by atoms with van der Waals surface area (Å²) in [4.78, 5) is 36.7. The van der Waals surface area contributed by atoms with Gasteiger partial charge in [-0.25, -0.2) is 0 Å². The number of nitrogens with one attached hydrogen (secondary N) is 3. The number of anilines is 1. The van der Waals surface area contributed by atoms with Gasteiger partial charge in [0.2, 0.25) is 5.91 Å². The largest absolute Gasteiger partial charge is 0.469 e. The van der Waals surface area contributed by atoms with Crippen LogP contribution < -0.4 is 16.2 Å². The molecule has 124 valence electrons. The molecule has 1 aliphatic heterocycles. The summed E-state index contributed by atoms with van der Waals surface area (Å²) in [7, 11) is 0. The maximum Gasteiger partial charge on any atom is 0.273 e. The second-order valence-corrected chi connectivity index (χ2v) is 6.64. The topological polar surface area (TPSA) is 100 Å². The lowest BCUT2D eigenvalue weighted by Gasteiger charge is -2.21. The zero-order valence-corrected chi connectivity index (χ0v) is 13.8. The summed E-state index contributed by atoms with van der Waals surface area (Å²) in [6.45, 7) is 3.47. The van der Waals surface area contributed by atoms with Crippen LogP contribution in [0, 0.1) is 6.92 Å². The van der Waals surface area contributed by atoms with E-state index in [0.717, 1.165) is 4.90 Å². The Kier molecular flexibility index (Phi) is 4.30. The summed E-state index contributed by atoms with van der Waals surface area (Å²) in [5.74, 6) is -0.589. The van der Waals surface area contributed by atoms with Gasteiger partial charge in [0.15, 0.2) is 0 Å². The molecular formula is C16H15N3O4S. The minimum Gasteiger partial charge on any atom is -0.469 e. The van der Waals surface area contributed by atoms with Crippen molar-refractivity contribution < 1.29 is 18.8 Å². The molecule has 1 atom stereocenters. The van der Waals surface area contributed by atoms with Crippen LogP contribution in [0.25, 0.3) is 0 Å². The van der Waals surface area contributed by atoms with Crippen molar-refractivity contribution in [1.82, 2.24) is 10.9 Å². The molecule has 1 aromatic heterocycles. The third-order valence-corrected chi connectivity index (χ3v) is 4.74. The normalized spacial score (nSPS) is 16.1. The average molecular weight is 345 g/mol. The first-order chi connectivity index (χ1) is 11.5. The van der Waals surface area contributed by atoms with Crippen LogP contribution in [-0.2, 0) is 4.79 Å². The molecule has 2 aromatic rings. The van der Waals surface area contributed by atoms with Crippen molar-refractivity contribution in [2.45, 2.75) is 24.0 Å². The van der Waals surface area contributed by atoms with Crippen molar-refractivity contribution in [3.05, 3.63) is 47.4 Å². The maximum atomic E-state index is 12.2. The molecule has 0 spiro atoms. The van der Waals surface area contributed by atoms with Gasteiger partial charge < -0.3 is 9.73 Å². The third-order valence-electron chi connectivity index (χ3n) is 3.57. The zero-order chi connectivity index (χ0) is 17.3. The minimum absolute atomic E-state index is 0.103. The molecule has 7 nitrogen and oxygen atoms in total. The standard InChI is InChI=1S/C16H15N3O4S/c1-8-11(5-6-23-8)16(22)19-18-15(21)10-3-4-13-12(7-10)17-14(20)9(2)24-13/h3-7,9H,1-2H3,(H,17,20)(H,18,21)(H,19,22)/t9-/m0/s1. The lowest BCUT2D eigenvalue weighted by molar-refractivity contribution is -0.115. The highest BCUT2D eigenvalue weighted by Crippen LogP contribution is 2.35. The van der Waals surface area contributed by atoms with Gasteiger partial charge in [-0.3, -0.25) is 25.2 Å². The first-order valence-electron chi connectivity index (χ1n) is 7.22. The van der Waals surface area contributed by atoms with E-state index in [4.69, 9.17) is 4.42 Å². The van der Waals surface area contributed by atoms with Crippen molar-refractivity contribution in [2.75, 3.05) is 5.32 Å². The van der Waals surface area contributed by atoms with E-state index < -0.39 is 11.8 Å². The molecular weight excluding hydrogens is 330 g/mol. The Morgan fingerprint density at radius 3 is 2.67 bits per heavy atom. The predicted octanol–water partition coefficient (Wildman–Crippen LogP) is 2.10. The number of hydrogen-bond acceptors (Lipinski definition) is 5. The second kappa shape index (κ2) is 6.40. The van der Waals surface area contributed by atoms with E-state index in [-0.39, 0.29) is 11.2 Å². The van der Waals surface area contributed by atoms with Gasteiger partial charge >= 0.3 is 0 Å². The van der Waals surface area contributed by atoms with Gasteiger partial charge in [-0.05, 0) is 38.1 Å². The quantitative estimate of drug-likeness (QED) is 0.724. The molecule has 3 N–H and O–H groups in total. The van der Waals surface area contributed by atoms with E-state index in [2.05, 4.69) is 16.2 Å². The lowest BCUT2D eigenvalue weighted by Crippen LogP contribution is -2.41. The van der Waals surface area contributed by atoms with Crippen LogP contribution in [0.4, 0.5) is 5.69 Å². The van der Waals surface area contributed by atoms with Gasteiger partial charge in [0.1, 0.15) is 5.76 Å². The number of aryl methyl sites for hydroxylation is 1. The summed E-state index contributed by atoms with van der Waals surface area (Å²) < 4.78 is 5.04. The van der Waals surface area contributed by atoms with Crippen LogP contribution in [0.3, 0.4) is 0 Å². The van der Waals surface area contributed by atoms with E-state index in [1.807, 2.05) is 6.92 Å². The molecule has 8 heteroatoms. The molecule has 0 aliphatic carbocycles. The van der Waals surface area contributed by atoms with E-state index in [9.17, 15) is 14.4 Å². The molecule has 0 saturated carbocycles. The van der Waals surface area contributed by atoms with E-state index in [1.54, 1.807) is 25.1 Å². The Labute approximate surface area is 142 Å². The van der Waals surface area contributed by atoms with Gasteiger partial charge in [0.25, 0.3) is 11.8 Å². The van der Waals surface area contributed by atoms with Crippen molar-refractivity contribution in [1.29, 1.82) is 0 Å². The second-order valence-electron chi connectivity index (χ2n) is 5.26. The van der Waals surface area contributed by atoms with Crippen LogP contribution >= 0.6 is 11.8 Å². The Hall–Kier alpha value is -2.74. The minimum atomic E-state index is -0.481. The summed E-state index contributed by atoms with van der Waals surface area (Å²) in [6, 6.07) is 6.51. The van der Waals surface area contributed by atoms with Crippen LogP contribution in [0.1, 0.15) is 33.4 Å². The first-order valence-corrected chi connectivity index (χ1v) is 8.10. The Morgan fingerprint density at radius 1 is 1.21 bits per heavy atom. The molecule has 0 radical (unpaired) electrons. The van der Waals surface area contributed by atoms with Gasteiger partial charge in [0.05, 0.1) is 22.8 Å². The predicted molar refractivity (Wildman–Crippen MR) is 88.8 cm³/mol. The summed E-state index contributed by atoms with van der Waals surface area (Å²) >= 11 is 1.43. The third kappa shape index (κ3) is 3.13. The van der Waals surface area contributed by atoms with Gasteiger partial charge in [-0.1, -0.05) is 0 Å². The van der Waals surface area contributed by atoms with E-state index in [0.29, 0.717) is 22.6 Å². The first kappa shape index (κ1) is 16.1. The summed E-state index contributed by atoms with van der Waals surface area (Å²) in [5, 5.41) is 2.59. The number of hydrogen-bond donors (Lipinski definition) is 3. The number of thioether (sulfide) groups is 1. The van der Waals surface area contributed by atoms with Crippen LogP contribution in [0.2, 0.25) is 0 Å². The highest BCUT2D eigenvalue weighted by Gasteiger charge is 2.24. The van der Waals surface area contributed by atoms with Gasteiger partial charge in [-0.2, -0.15) is 0 Å². The van der Waals surface area contributed by atoms with E-state index >= 15 is 0 Å². The SMILES string of the molecule is Cc1occc1C(=O)NNC(=O)c1ccc2c(c1)NC(=O)[C@H](C)S2. The molecule has 0 fully saturated rings. The molecule has 0 bridgehead atoms. The Morgan fingerprint density at radius 2 is 1.96 bits per heavy atom. The number of amides is 3. The number of benzene rings is 1. The summed E-state index contributed by atoms with van der Waals surface area (Å²) in [5.41, 5.74) is 5.93. The monoisotopic (exact) mass is 345 g/mol. The van der Waals surface area contributed by atoms with Gasteiger partial charge in [-0.15, -0.1) is 11.8 Å². The lowest BCUT2D eigenvalue weighted by atomic mass is 10.2. The fourth-order valence-electron chi connectivity index (χ4n) is 2.22. The highest BCUT2D eigenvalue weighted by atomic mass is 32.2. The molecule has 0 unspecified atom stereocenters. The molecule has 1 aromatic carbocycles. The highest BCUT2D eigenvalue weighted by molar-refractivity contribution is 8.00. The number of furan rings is 1. The van der Waals surface area contributed by atoms with Crippen molar-refractivity contribution in [2.24, 2.45) is 0 Å². The number of fused-ring (bicyclic) bond motifs is 1. The van der Waals surface area contributed by atoms with Crippen molar-refractivity contribution in [3.8, 4) is 0 Å². The summed E-state index contributed by atoms with van der Waals surface area (Å²) in [6.07, 6.45) is 1.40. The number of carbonyl (C=O) groups is 3. The Bertz CT molecular complexity index is 830. The average Bonchev–Trinajstić information content (AvgIpc) is 2.99. The number of rotatable bonds is 2. The molecule has 24 heavy (non-hydrogen) atoms. The zero-order valence-electron chi connectivity index (χ0n) is 13.0.